The van der Waals surface area contributed by atoms with E-state index < -0.39 is 0 Å². The van der Waals surface area contributed by atoms with Gasteiger partial charge in [-0.3, -0.25) is 9.78 Å². The zero-order chi connectivity index (χ0) is 17.2. The molecule has 0 unspecified atom stereocenters. The number of amides is 1. The van der Waals surface area contributed by atoms with Gasteiger partial charge in [-0.2, -0.15) is 0 Å². The van der Waals surface area contributed by atoms with Gasteiger partial charge in [-0.15, -0.1) is 0 Å². The lowest BCUT2D eigenvalue weighted by molar-refractivity contribution is -0.115. The van der Waals surface area contributed by atoms with Gasteiger partial charge >= 0.3 is 0 Å². The molecule has 0 atom stereocenters. The Morgan fingerprint density at radius 1 is 0.958 bits per heavy atom. The number of nitrogens with zero attached hydrogens (tertiary/aromatic N) is 1. The quantitative estimate of drug-likeness (QED) is 0.751. The van der Waals surface area contributed by atoms with Gasteiger partial charge in [-0.05, 0) is 34.6 Å². The van der Waals surface area contributed by atoms with Crippen LogP contribution in [0.3, 0.4) is 0 Å². The number of aromatic nitrogens is 1. The first-order chi connectivity index (χ1) is 11.4. The van der Waals surface area contributed by atoms with Crippen molar-refractivity contribution < 1.29 is 4.79 Å². The number of pyridine rings is 1. The molecular formula is C21H21N2O. The van der Waals surface area contributed by atoms with E-state index in [1.165, 1.54) is 0 Å². The highest BCUT2D eigenvalue weighted by Gasteiger charge is 2.33. The summed E-state index contributed by atoms with van der Waals surface area (Å²) in [4.78, 5) is 17.0. The zero-order valence-corrected chi connectivity index (χ0v) is 14.2. The number of carbonyl (C=O) groups is 1. The van der Waals surface area contributed by atoms with E-state index in [2.05, 4.69) is 31.1 Å². The van der Waals surface area contributed by atoms with Crippen molar-refractivity contribution in [1.29, 1.82) is 0 Å². The second-order valence-electron chi connectivity index (χ2n) is 6.88. The maximum absolute atomic E-state index is 12.9. The zero-order valence-electron chi connectivity index (χ0n) is 14.2. The van der Waals surface area contributed by atoms with Crippen LogP contribution in [0.15, 0.2) is 67.0 Å². The highest BCUT2D eigenvalue weighted by molar-refractivity contribution is 6.05. The predicted molar refractivity (Wildman–Crippen MR) is 98.6 cm³/mol. The van der Waals surface area contributed by atoms with Crippen molar-refractivity contribution in [1.82, 2.24) is 4.98 Å². The molecule has 1 heterocycles. The lowest BCUT2D eigenvalue weighted by Crippen LogP contribution is -2.32. The summed E-state index contributed by atoms with van der Waals surface area (Å²) in [6.07, 6.45) is 3.57. The molecule has 1 amide bonds. The van der Waals surface area contributed by atoms with Crippen LogP contribution in [0.25, 0.3) is 10.8 Å². The fourth-order valence-corrected chi connectivity index (χ4v) is 2.86. The molecular weight excluding hydrogens is 296 g/mol. The van der Waals surface area contributed by atoms with Gasteiger partial charge in [0.1, 0.15) is 0 Å². The van der Waals surface area contributed by atoms with Crippen LogP contribution in [-0.2, 0) is 4.79 Å². The van der Waals surface area contributed by atoms with Crippen LogP contribution < -0.4 is 5.32 Å². The molecule has 1 aromatic heterocycles. The number of benzene rings is 2. The Balaban J connectivity index is 1.90. The van der Waals surface area contributed by atoms with Gasteiger partial charge in [0.25, 0.3) is 0 Å². The number of hydrogen-bond donors (Lipinski definition) is 1. The minimum Gasteiger partial charge on any atom is -0.325 e. The maximum Gasteiger partial charge on any atom is 0.237 e. The Hall–Kier alpha value is -2.68. The molecule has 2 aromatic carbocycles. The normalized spacial score (nSPS) is 11.7. The van der Waals surface area contributed by atoms with Crippen LogP contribution in [0.5, 0.6) is 0 Å². The van der Waals surface area contributed by atoms with Gasteiger partial charge in [0.05, 0.1) is 5.92 Å². The Morgan fingerprint density at radius 2 is 1.71 bits per heavy atom. The number of fused-ring (bicyclic) bond motifs is 1. The van der Waals surface area contributed by atoms with E-state index >= 15 is 0 Å². The summed E-state index contributed by atoms with van der Waals surface area (Å²) < 4.78 is 0. The van der Waals surface area contributed by atoms with E-state index in [0.29, 0.717) is 0 Å². The van der Waals surface area contributed by atoms with Crippen molar-refractivity contribution in [3.8, 4) is 0 Å². The highest BCUT2D eigenvalue weighted by Crippen LogP contribution is 2.35. The fourth-order valence-electron chi connectivity index (χ4n) is 2.86. The molecule has 1 N–H and O–H groups in total. The average molecular weight is 317 g/mol. The molecule has 0 spiro atoms. The lowest BCUT2D eigenvalue weighted by atomic mass is 9.76. The second-order valence-corrected chi connectivity index (χ2v) is 6.88. The molecule has 0 bridgehead atoms. The molecule has 3 nitrogen and oxygen atoms in total. The van der Waals surface area contributed by atoms with E-state index in [4.69, 9.17) is 0 Å². The third-order valence-corrected chi connectivity index (χ3v) is 3.94. The summed E-state index contributed by atoms with van der Waals surface area (Å²) in [6, 6.07) is 17.6. The SMILES string of the molecule is CC(C)(C)[C](C(=O)Nc1ccc2cnccc2c1)c1ccccc1. The largest absolute Gasteiger partial charge is 0.325 e. The smallest absolute Gasteiger partial charge is 0.237 e. The molecule has 1 radical (unpaired) electrons. The molecule has 121 valence electrons. The number of hydrogen-bond acceptors (Lipinski definition) is 2. The topological polar surface area (TPSA) is 42.0 Å². The van der Waals surface area contributed by atoms with Crippen molar-refractivity contribution in [2.75, 3.05) is 5.32 Å². The molecule has 0 saturated heterocycles. The summed E-state index contributed by atoms with van der Waals surface area (Å²) in [5, 5.41) is 5.15. The Labute approximate surface area is 142 Å². The molecule has 0 aliphatic heterocycles. The van der Waals surface area contributed by atoms with Crippen LogP contribution in [0.4, 0.5) is 5.69 Å². The number of carbonyl (C=O) groups excluding carboxylic acids is 1. The van der Waals surface area contributed by atoms with Crippen LogP contribution in [-0.4, -0.2) is 10.9 Å². The van der Waals surface area contributed by atoms with Crippen molar-refractivity contribution in [3.63, 3.8) is 0 Å². The molecule has 0 saturated carbocycles. The average Bonchev–Trinajstić information content (AvgIpc) is 2.54. The van der Waals surface area contributed by atoms with Gasteiger partial charge in [-0.1, -0.05) is 57.2 Å². The summed E-state index contributed by atoms with van der Waals surface area (Å²) in [6.45, 7) is 6.17. The minimum atomic E-state index is -0.258. The number of rotatable bonds is 3. The first kappa shape index (κ1) is 16.2. The highest BCUT2D eigenvalue weighted by atomic mass is 16.1. The second kappa shape index (κ2) is 6.44. The Bertz CT molecular complexity index is 850. The number of anilines is 1. The van der Waals surface area contributed by atoms with Crippen LogP contribution in [0.2, 0.25) is 0 Å². The molecule has 0 fully saturated rings. The van der Waals surface area contributed by atoms with E-state index in [9.17, 15) is 4.79 Å². The maximum atomic E-state index is 12.9. The summed E-state index contributed by atoms with van der Waals surface area (Å²) in [7, 11) is 0. The van der Waals surface area contributed by atoms with Crippen LogP contribution >= 0.6 is 0 Å². The first-order valence-electron chi connectivity index (χ1n) is 8.03. The van der Waals surface area contributed by atoms with Gasteiger partial charge in [-0.25, -0.2) is 0 Å². The third kappa shape index (κ3) is 3.46. The Kier molecular flexibility index (Phi) is 4.34. The van der Waals surface area contributed by atoms with Crippen molar-refractivity contribution in [2.45, 2.75) is 20.8 Å². The van der Waals surface area contributed by atoms with Crippen LogP contribution in [0, 0.1) is 11.3 Å². The van der Waals surface area contributed by atoms with Crippen molar-refractivity contribution >= 4 is 22.4 Å². The molecule has 3 aromatic rings. The molecule has 3 rings (SSSR count). The first-order valence-corrected chi connectivity index (χ1v) is 8.03. The van der Waals surface area contributed by atoms with Crippen molar-refractivity contribution in [2.24, 2.45) is 5.41 Å². The molecule has 3 heteroatoms. The van der Waals surface area contributed by atoms with E-state index in [1.54, 1.807) is 6.20 Å². The van der Waals surface area contributed by atoms with E-state index in [0.717, 1.165) is 27.9 Å². The van der Waals surface area contributed by atoms with E-state index in [-0.39, 0.29) is 11.3 Å². The summed E-state index contributed by atoms with van der Waals surface area (Å²) in [5.41, 5.74) is 1.48. The number of nitrogens with one attached hydrogen (secondary N) is 1. The van der Waals surface area contributed by atoms with Crippen molar-refractivity contribution in [3.05, 3.63) is 78.5 Å². The molecule has 0 aliphatic rings. The van der Waals surface area contributed by atoms with Crippen LogP contribution in [0.1, 0.15) is 26.3 Å². The van der Waals surface area contributed by atoms with Gasteiger partial charge in [0, 0.05) is 23.5 Å². The Morgan fingerprint density at radius 3 is 2.42 bits per heavy atom. The lowest BCUT2D eigenvalue weighted by Gasteiger charge is -2.29. The fraction of sp³-hybridized carbons (Fsp3) is 0.190. The third-order valence-electron chi connectivity index (χ3n) is 3.94. The molecule has 0 aliphatic carbocycles. The van der Waals surface area contributed by atoms with Gasteiger partial charge in [0.15, 0.2) is 0 Å². The summed E-state index contributed by atoms with van der Waals surface area (Å²) in [5.74, 6) is 0.708. The predicted octanol–water partition coefficient (Wildman–Crippen LogP) is 4.84. The minimum absolute atomic E-state index is 0.0675. The van der Waals surface area contributed by atoms with E-state index in [1.807, 2.05) is 60.8 Å². The molecule has 24 heavy (non-hydrogen) atoms. The van der Waals surface area contributed by atoms with Gasteiger partial charge in [0.2, 0.25) is 5.91 Å². The van der Waals surface area contributed by atoms with Gasteiger partial charge < -0.3 is 5.32 Å². The standard InChI is InChI=1S/C21H21N2O/c1-21(2,3)19(15-7-5-4-6-8-15)20(24)23-18-10-9-17-14-22-12-11-16(17)13-18/h4-14H,1-3H3,(H,23,24). The summed E-state index contributed by atoms with van der Waals surface area (Å²) >= 11 is 0. The monoisotopic (exact) mass is 317 g/mol.